The summed E-state index contributed by atoms with van der Waals surface area (Å²) in [5.41, 5.74) is 0. The molecule has 5 heteroatoms. The van der Waals surface area contributed by atoms with E-state index < -0.39 is 0 Å². The maximum atomic E-state index is 12.2. The first kappa shape index (κ1) is 20.7. The Morgan fingerprint density at radius 1 is 0.913 bits per heavy atom. The molecule has 3 rings (SSSR count). The van der Waals surface area contributed by atoms with E-state index in [9.17, 15) is 4.79 Å². The molecule has 0 aromatic carbocycles. The highest BCUT2D eigenvalue weighted by Crippen LogP contribution is 2.18. The Hall–Kier alpha value is -0.320. The number of amides is 1. The summed E-state index contributed by atoms with van der Waals surface area (Å²) in [4.78, 5) is 14.7. The summed E-state index contributed by atoms with van der Waals surface area (Å²) in [6.45, 7) is 10.9. The molecule has 0 radical (unpaired) electrons. The number of quaternary nitrogens is 1. The van der Waals surface area contributed by atoms with Crippen LogP contribution in [0.5, 0.6) is 0 Å². The SMILES string of the molecule is CCCCCCCCCCNC(=O)C[N+]12CCN(CC1)CC2.[Cl-]. The van der Waals surface area contributed by atoms with Crippen molar-refractivity contribution < 1.29 is 21.7 Å². The number of piperazine rings is 3. The summed E-state index contributed by atoms with van der Waals surface area (Å²) >= 11 is 0. The summed E-state index contributed by atoms with van der Waals surface area (Å²) in [5.74, 6) is 0.276. The molecule has 136 valence electrons. The van der Waals surface area contributed by atoms with Crippen molar-refractivity contribution in [3.63, 3.8) is 0 Å². The normalized spacial score (nSPS) is 25.9. The van der Waals surface area contributed by atoms with E-state index in [0.717, 1.165) is 17.4 Å². The Kier molecular flexibility index (Phi) is 10.2. The summed E-state index contributed by atoms with van der Waals surface area (Å²) < 4.78 is 1.04. The van der Waals surface area contributed by atoms with Gasteiger partial charge in [0.25, 0.3) is 5.91 Å². The standard InChI is InChI=1S/C18H35N3O.ClH/c1-2-3-4-5-6-7-8-9-10-19-18(22)17-21-14-11-20(12-15-21)13-16-21;/h2-17H2,1H3;1H. The largest absolute Gasteiger partial charge is 1.00 e. The molecule has 3 heterocycles. The summed E-state index contributed by atoms with van der Waals surface area (Å²) in [6.07, 6.45) is 10.6. The molecule has 3 fully saturated rings. The van der Waals surface area contributed by atoms with Crippen molar-refractivity contribution in [3.8, 4) is 0 Å². The van der Waals surface area contributed by atoms with Gasteiger partial charge in [-0.15, -0.1) is 0 Å². The number of nitrogens with one attached hydrogen (secondary N) is 1. The molecule has 0 unspecified atom stereocenters. The van der Waals surface area contributed by atoms with Crippen molar-refractivity contribution in [1.82, 2.24) is 10.2 Å². The predicted molar refractivity (Wildman–Crippen MR) is 91.8 cm³/mol. The average molecular weight is 346 g/mol. The van der Waals surface area contributed by atoms with Gasteiger partial charge in [-0.3, -0.25) is 9.69 Å². The van der Waals surface area contributed by atoms with Crippen molar-refractivity contribution >= 4 is 5.91 Å². The molecule has 0 aliphatic carbocycles. The van der Waals surface area contributed by atoms with Crippen LogP contribution in [0.4, 0.5) is 0 Å². The quantitative estimate of drug-likeness (QED) is 0.400. The van der Waals surface area contributed by atoms with Crippen molar-refractivity contribution in [3.05, 3.63) is 0 Å². The van der Waals surface area contributed by atoms with Crippen LogP contribution in [0.1, 0.15) is 58.3 Å². The lowest BCUT2D eigenvalue weighted by Gasteiger charge is -2.50. The van der Waals surface area contributed by atoms with E-state index in [-0.39, 0.29) is 18.3 Å². The van der Waals surface area contributed by atoms with E-state index in [2.05, 4.69) is 17.1 Å². The molecule has 0 atom stereocenters. The maximum Gasteiger partial charge on any atom is 0.275 e. The minimum atomic E-state index is 0. The molecule has 23 heavy (non-hydrogen) atoms. The van der Waals surface area contributed by atoms with Gasteiger partial charge in [0.05, 0.1) is 19.6 Å². The van der Waals surface area contributed by atoms with E-state index in [0.29, 0.717) is 6.54 Å². The first-order valence-corrected chi connectivity index (χ1v) is 9.58. The van der Waals surface area contributed by atoms with Crippen molar-refractivity contribution in [2.45, 2.75) is 58.3 Å². The van der Waals surface area contributed by atoms with Gasteiger partial charge in [-0.2, -0.15) is 0 Å². The molecule has 0 aromatic heterocycles. The van der Waals surface area contributed by atoms with Crippen LogP contribution in [-0.2, 0) is 4.79 Å². The Labute approximate surface area is 149 Å². The van der Waals surface area contributed by atoms with Crippen LogP contribution in [0.3, 0.4) is 0 Å². The first-order chi connectivity index (χ1) is 10.7. The third-order valence-corrected chi connectivity index (χ3v) is 5.50. The number of nitrogens with zero attached hydrogens (tertiary/aromatic N) is 2. The molecule has 3 aliphatic heterocycles. The number of hydrogen-bond acceptors (Lipinski definition) is 2. The monoisotopic (exact) mass is 345 g/mol. The molecular weight excluding hydrogens is 310 g/mol. The predicted octanol–water partition coefficient (Wildman–Crippen LogP) is -0.607. The highest BCUT2D eigenvalue weighted by atomic mass is 35.5. The Balaban J connectivity index is 0.00000264. The zero-order valence-electron chi connectivity index (χ0n) is 15.0. The fourth-order valence-electron chi connectivity index (χ4n) is 3.82. The molecule has 1 amide bonds. The zero-order valence-corrected chi connectivity index (χ0v) is 15.8. The highest BCUT2D eigenvalue weighted by molar-refractivity contribution is 5.77. The molecule has 2 bridgehead atoms. The Bertz CT molecular complexity index is 316. The van der Waals surface area contributed by atoms with E-state index >= 15 is 0 Å². The van der Waals surface area contributed by atoms with Crippen molar-refractivity contribution in [2.75, 3.05) is 52.4 Å². The number of halogens is 1. The van der Waals surface area contributed by atoms with Crippen LogP contribution < -0.4 is 17.7 Å². The van der Waals surface area contributed by atoms with Crippen LogP contribution >= 0.6 is 0 Å². The Morgan fingerprint density at radius 3 is 2.00 bits per heavy atom. The van der Waals surface area contributed by atoms with Gasteiger partial charge in [0.15, 0.2) is 6.54 Å². The summed E-state index contributed by atoms with van der Waals surface area (Å²) in [7, 11) is 0. The van der Waals surface area contributed by atoms with Crippen LogP contribution in [0.15, 0.2) is 0 Å². The van der Waals surface area contributed by atoms with Gasteiger partial charge in [-0.25, -0.2) is 0 Å². The summed E-state index contributed by atoms with van der Waals surface area (Å²) in [6, 6.07) is 0. The van der Waals surface area contributed by atoms with Crippen LogP contribution in [0, 0.1) is 0 Å². The van der Waals surface area contributed by atoms with Crippen molar-refractivity contribution in [2.24, 2.45) is 0 Å². The highest BCUT2D eigenvalue weighted by Gasteiger charge is 2.39. The fraction of sp³-hybridized carbons (Fsp3) is 0.944. The number of rotatable bonds is 11. The van der Waals surface area contributed by atoms with Crippen LogP contribution in [0.2, 0.25) is 0 Å². The van der Waals surface area contributed by atoms with Gasteiger partial charge in [0, 0.05) is 26.2 Å². The maximum absolute atomic E-state index is 12.2. The van der Waals surface area contributed by atoms with Gasteiger partial charge in [0.1, 0.15) is 0 Å². The van der Waals surface area contributed by atoms with Gasteiger partial charge in [0.2, 0.25) is 0 Å². The number of carbonyl (C=O) groups excluding carboxylic acids is 1. The molecule has 3 aliphatic rings. The van der Waals surface area contributed by atoms with E-state index in [1.165, 1.54) is 84.2 Å². The molecular formula is C18H36ClN3O. The van der Waals surface area contributed by atoms with Crippen LogP contribution in [0.25, 0.3) is 0 Å². The molecule has 0 spiro atoms. The van der Waals surface area contributed by atoms with Crippen molar-refractivity contribution in [1.29, 1.82) is 0 Å². The second-order valence-electron chi connectivity index (χ2n) is 7.34. The van der Waals surface area contributed by atoms with Gasteiger partial charge >= 0.3 is 0 Å². The molecule has 1 N–H and O–H groups in total. The summed E-state index contributed by atoms with van der Waals surface area (Å²) in [5, 5.41) is 3.15. The molecule has 4 nitrogen and oxygen atoms in total. The minimum Gasteiger partial charge on any atom is -1.00 e. The van der Waals surface area contributed by atoms with E-state index in [1.807, 2.05) is 0 Å². The average Bonchev–Trinajstić information content (AvgIpc) is 2.54. The number of carbonyl (C=O) groups is 1. The van der Waals surface area contributed by atoms with Crippen LogP contribution in [-0.4, -0.2) is 67.6 Å². The number of fused-ring (bicyclic) bond motifs is 3. The van der Waals surface area contributed by atoms with E-state index in [1.54, 1.807) is 0 Å². The van der Waals surface area contributed by atoms with Gasteiger partial charge in [-0.1, -0.05) is 51.9 Å². The fourth-order valence-corrected chi connectivity index (χ4v) is 3.82. The molecule has 3 saturated heterocycles. The number of unbranched alkanes of at least 4 members (excludes halogenated alkanes) is 7. The third kappa shape index (κ3) is 7.40. The Morgan fingerprint density at radius 2 is 1.43 bits per heavy atom. The lowest BCUT2D eigenvalue weighted by Crippen LogP contribution is -3.00. The molecule has 0 aromatic rings. The molecule has 0 saturated carbocycles. The first-order valence-electron chi connectivity index (χ1n) is 9.58. The number of hydrogen-bond donors (Lipinski definition) is 1. The lowest BCUT2D eigenvalue weighted by molar-refractivity contribution is -0.933. The second-order valence-corrected chi connectivity index (χ2v) is 7.34. The van der Waals surface area contributed by atoms with E-state index in [4.69, 9.17) is 0 Å². The third-order valence-electron chi connectivity index (χ3n) is 5.50. The smallest absolute Gasteiger partial charge is 0.275 e. The van der Waals surface area contributed by atoms with Gasteiger partial charge in [-0.05, 0) is 6.42 Å². The zero-order chi connectivity index (χ0) is 15.7. The topological polar surface area (TPSA) is 32.3 Å². The second kappa shape index (κ2) is 11.3. The lowest BCUT2D eigenvalue weighted by atomic mass is 10.1. The minimum absolute atomic E-state index is 0. The van der Waals surface area contributed by atoms with Gasteiger partial charge < -0.3 is 22.2 Å².